The van der Waals surface area contributed by atoms with Crippen molar-refractivity contribution >= 4 is 16.0 Å². The molecule has 0 saturated heterocycles. The van der Waals surface area contributed by atoms with Gasteiger partial charge in [-0.2, -0.15) is 10.4 Å². The van der Waals surface area contributed by atoms with Crippen LogP contribution < -0.4 is 4.72 Å². The first-order valence-electron chi connectivity index (χ1n) is 4.65. The van der Waals surface area contributed by atoms with Crippen LogP contribution in [0.1, 0.15) is 5.69 Å². The summed E-state index contributed by atoms with van der Waals surface area (Å²) in [5.74, 6) is -0.176. The van der Waals surface area contributed by atoms with Crippen LogP contribution in [0.25, 0.3) is 0 Å². The zero-order chi connectivity index (χ0) is 13.0. The van der Waals surface area contributed by atoms with Crippen molar-refractivity contribution in [2.75, 3.05) is 4.72 Å². The first kappa shape index (κ1) is 11.9. The van der Waals surface area contributed by atoms with E-state index < -0.39 is 10.0 Å². The monoisotopic (exact) mass is 262 g/mol. The third-order valence-electron chi connectivity index (χ3n) is 1.87. The van der Waals surface area contributed by atoms with Crippen LogP contribution in [-0.2, 0) is 10.0 Å². The van der Waals surface area contributed by atoms with Crippen LogP contribution in [0, 0.1) is 11.3 Å². The molecule has 0 fully saturated rings. The van der Waals surface area contributed by atoms with Gasteiger partial charge in [-0.25, -0.2) is 23.1 Å². The Morgan fingerprint density at radius 2 is 2.06 bits per heavy atom. The summed E-state index contributed by atoms with van der Waals surface area (Å²) in [4.78, 5) is 7.11. The minimum absolute atomic E-state index is 0.176. The Kier molecular flexibility index (Phi) is 3.11. The number of pyridine rings is 1. The highest BCUT2D eigenvalue weighted by Gasteiger charge is 2.20. The lowest BCUT2D eigenvalue weighted by molar-refractivity contribution is 0.600. The second kappa shape index (κ2) is 4.72. The van der Waals surface area contributed by atoms with E-state index in [0.29, 0.717) is 0 Å². The molecule has 2 aromatic rings. The molecule has 90 valence electrons. The number of nitrogens with zero attached hydrogens (tertiary/aromatic N) is 5. The third-order valence-corrected chi connectivity index (χ3v) is 3.23. The van der Waals surface area contributed by atoms with Crippen molar-refractivity contribution in [2.24, 2.45) is 0 Å². The molecule has 0 aliphatic heterocycles. The molecule has 2 rings (SSSR count). The quantitative estimate of drug-likeness (QED) is 0.822. The van der Waals surface area contributed by atoms with Gasteiger partial charge in [-0.15, -0.1) is 5.10 Å². The van der Waals surface area contributed by atoms with E-state index >= 15 is 0 Å². The van der Waals surface area contributed by atoms with Gasteiger partial charge in [0.1, 0.15) is 11.0 Å². The van der Waals surface area contributed by atoms with Gasteiger partial charge in [0, 0.05) is 6.20 Å². The molecule has 0 saturated carbocycles. The summed E-state index contributed by atoms with van der Waals surface area (Å²) in [6.07, 6.45) is 3.93. The van der Waals surface area contributed by atoms with Crippen LogP contribution in [0.15, 0.2) is 35.6 Å². The topological polar surface area (TPSA) is 122 Å². The zero-order valence-corrected chi connectivity index (χ0v) is 9.66. The van der Waals surface area contributed by atoms with Gasteiger partial charge in [0.2, 0.25) is 0 Å². The Labute approximate surface area is 102 Å². The van der Waals surface area contributed by atoms with Gasteiger partial charge in [-0.3, -0.25) is 0 Å². The van der Waals surface area contributed by atoms with Gasteiger partial charge in [0.25, 0.3) is 16.0 Å². The number of sulfonamides is 1. The van der Waals surface area contributed by atoms with Gasteiger partial charge in [0.05, 0.1) is 12.4 Å². The molecule has 9 heteroatoms. The minimum atomic E-state index is -3.96. The van der Waals surface area contributed by atoms with Gasteiger partial charge in [-0.05, 0) is 12.1 Å². The average molecular weight is 262 g/mol. The standard InChI is InChI=1S/C9H6N6O2S/c10-6-7-8(2-1-3-11-7)18(16,17)15-9-12-4-5-13-14-9/h1-5H,(H,12,14,15). The van der Waals surface area contributed by atoms with E-state index in [1.54, 1.807) is 6.07 Å². The summed E-state index contributed by atoms with van der Waals surface area (Å²) in [6, 6.07) is 4.39. The van der Waals surface area contributed by atoms with E-state index in [1.165, 1.54) is 30.7 Å². The van der Waals surface area contributed by atoms with Crippen molar-refractivity contribution in [3.05, 3.63) is 36.4 Å². The number of nitrogens with one attached hydrogen (secondary N) is 1. The SMILES string of the molecule is N#Cc1ncccc1S(=O)(=O)Nc1nccnn1. The van der Waals surface area contributed by atoms with Crippen molar-refractivity contribution in [2.45, 2.75) is 4.90 Å². The Bertz CT molecular complexity index is 694. The molecular formula is C9H6N6O2S. The van der Waals surface area contributed by atoms with Crippen LogP contribution in [0.3, 0.4) is 0 Å². The fraction of sp³-hybridized carbons (Fsp3) is 0. The number of anilines is 1. The number of nitriles is 1. The molecule has 0 spiro atoms. The predicted octanol–water partition coefficient (Wildman–Crippen LogP) is -0.0609. The van der Waals surface area contributed by atoms with Crippen molar-refractivity contribution < 1.29 is 8.42 Å². The van der Waals surface area contributed by atoms with E-state index in [-0.39, 0.29) is 16.5 Å². The van der Waals surface area contributed by atoms with Crippen LogP contribution in [-0.4, -0.2) is 28.6 Å². The third kappa shape index (κ3) is 2.38. The van der Waals surface area contributed by atoms with Crippen molar-refractivity contribution in [3.8, 4) is 6.07 Å². The summed E-state index contributed by atoms with van der Waals surface area (Å²) in [7, 11) is -3.96. The number of aromatic nitrogens is 4. The van der Waals surface area contributed by atoms with Crippen LogP contribution in [0.4, 0.5) is 5.95 Å². The Morgan fingerprint density at radius 3 is 2.72 bits per heavy atom. The van der Waals surface area contributed by atoms with Crippen molar-refractivity contribution in [1.29, 1.82) is 5.26 Å². The molecule has 0 aromatic carbocycles. The summed E-state index contributed by atoms with van der Waals surface area (Å²) in [5.41, 5.74) is -0.200. The summed E-state index contributed by atoms with van der Waals surface area (Å²) < 4.78 is 26.0. The first-order chi connectivity index (χ1) is 8.63. The molecule has 1 N–H and O–H groups in total. The minimum Gasteiger partial charge on any atom is -0.246 e. The van der Waals surface area contributed by atoms with Crippen LogP contribution in [0.5, 0.6) is 0 Å². The highest BCUT2D eigenvalue weighted by Crippen LogP contribution is 2.14. The van der Waals surface area contributed by atoms with E-state index in [9.17, 15) is 8.42 Å². The average Bonchev–Trinajstić information content (AvgIpc) is 2.39. The molecule has 0 radical (unpaired) electrons. The molecule has 2 aromatic heterocycles. The fourth-order valence-corrected chi connectivity index (χ4v) is 2.22. The summed E-state index contributed by atoms with van der Waals surface area (Å²) in [5, 5.41) is 15.8. The fourth-order valence-electron chi connectivity index (χ4n) is 1.16. The summed E-state index contributed by atoms with van der Waals surface area (Å²) >= 11 is 0. The second-order valence-electron chi connectivity index (χ2n) is 3.03. The maximum Gasteiger partial charge on any atom is 0.267 e. The zero-order valence-electron chi connectivity index (χ0n) is 8.85. The lowest BCUT2D eigenvalue weighted by Crippen LogP contribution is -2.17. The van der Waals surface area contributed by atoms with Gasteiger partial charge < -0.3 is 0 Å². The van der Waals surface area contributed by atoms with Crippen molar-refractivity contribution in [1.82, 2.24) is 20.2 Å². The van der Waals surface area contributed by atoms with E-state index in [2.05, 4.69) is 24.9 Å². The molecule has 2 heterocycles. The number of rotatable bonds is 3. The molecule has 0 atom stereocenters. The largest absolute Gasteiger partial charge is 0.267 e. The normalized spacial score (nSPS) is 10.6. The maximum atomic E-state index is 12.0. The van der Waals surface area contributed by atoms with Gasteiger partial charge >= 0.3 is 0 Å². The Hall–Kier alpha value is -2.60. The lowest BCUT2D eigenvalue weighted by Gasteiger charge is -2.05. The van der Waals surface area contributed by atoms with E-state index in [0.717, 1.165) is 0 Å². The highest BCUT2D eigenvalue weighted by atomic mass is 32.2. The Balaban J connectivity index is 2.41. The molecule has 0 aliphatic carbocycles. The highest BCUT2D eigenvalue weighted by molar-refractivity contribution is 7.92. The lowest BCUT2D eigenvalue weighted by atomic mass is 10.4. The summed E-state index contributed by atoms with van der Waals surface area (Å²) in [6.45, 7) is 0. The molecule has 18 heavy (non-hydrogen) atoms. The van der Waals surface area contributed by atoms with E-state index in [1.807, 2.05) is 0 Å². The first-order valence-corrected chi connectivity index (χ1v) is 6.13. The van der Waals surface area contributed by atoms with Gasteiger partial charge in [-0.1, -0.05) is 0 Å². The van der Waals surface area contributed by atoms with Gasteiger partial charge in [0.15, 0.2) is 5.69 Å². The molecular weight excluding hydrogens is 256 g/mol. The number of hydrogen-bond donors (Lipinski definition) is 1. The maximum absolute atomic E-state index is 12.0. The predicted molar refractivity (Wildman–Crippen MR) is 59.6 cm³/mol. The van der Waals surface area contributed by atoms with Crippen LogP contribution >= 0.6 is 0 Å². The molecule has 0 aliphatic rings. The second-order valence-corrected chi connectivity index (χ2v) is 4.68. The smallest absolute Gasteiger partial charge is 0.246 e. The Morgan fingerprint density at radius 1 is 1.22 bits per heavy atom. The molecule has 0 bridgehead atoms. The number of hydrogen-bond acceptors (Lipinski definition) is 7. The van der Waals surface area contributed by atoms with Crippen LogP contribution in [0.2, 0.25) is 0 Å². The molecule has 0 unspecified atom stereocenters. The van der Waals surface area contributed by atoms with E-state index in [4.69, 9.17) is 5.26 Å². The molecule has 0 amide bonds. The van der Waals surface area contributed by atoms with Crippen molar-refractivity contribution in [3.63, 3.8) is 0 Å². The molecule has 8 nitrogen and oxygen atoms in total.